The third kappa shape index (κ3) is 3.78. The van der Waals surface area contributed by atoms with Crippen molar-refractivity contribution in [2.45, 2.75) is 6.36 Å². The van der Waals surface area contributed by atoms with Crippen molar-refractivity contribution in [2.24, 2.45) is 4.99 Å². The lowest BCUT2D eigenvalue weighted by molar-refractivity contribution is -0.274. The number of benzene rings is 1. The van der Waals surface area contributed by atoms with Crippen molar-refractivity contribution in [3.8, 4) is 5.75 Å². The van der Waals surface area contributed by atoms with Gasteiger partial charge in [-0.3, -0.25) is 4.99 Å². The van der Waals surface area contributed by atoms with Gasteiger partial charge in [-0.05, 0) is 12.1 Å². The van der Waals surface area contributed by atoms with E-state index in [-0.39, 0.29) is 11.3 Å². The number of carbonyl (C=O) groups is 1. The first-order chi connectivity index (χ1) is 7.83. The third-order valence-corrected chi connectivity index (χ3v) is 1.77. The van der Waals surface area contributed by atoms with Gasteiger partial charge in [0.25, 0.3) is 0 Å². The number of nitrogens with zero attached hydrogens (tertiary/aromatic N) is 1. The van der Waals surface area contributed by atoms with Crippen LogP contribution in [0.3, 0.4) is 0 Å². The molecule has 0 aliphatic rings. The Bertz CT molecular complexity index is 454. The maximum absolute atomic E-state index is 11.9. The molecule has 0 spiro atoms. The topological polar surface area (TPSA) is 58.9 Å². The standard InChI is InChI=1S/C10H8F3NO3/c1-14-8(9(15)16)6-3-2-4-7(5-6)17-10(11,12)13/h2-5H,1H3,(H,15,16). The van der Waals surface area contributed by atoms with Gasteiger partial charge in [0.05, 0.1) is 0 Å². The highest BCUT2D eigenvalue weighted by atomic mass is 19.4. The van der Waals surface area contributed by atoms with Crippen molar-refractivity contribution >= 4 is 11.7 Å². The Morgan fingerprint density at radius 1 is 1.41 bits per heavy atom. The van der Waals surface area contributed by atoms with Gasteiger partial charge in [0, 0.05) is 12.6 Å². The minimum atomic E-state index is -4.81. The van der Waals surface area contributed by atoms with E-state index < -0.39 is 18.1 Å². The molecule has 4 nitrogen and oxygen atoms in total. The number of aliphatic carboxylic acids is 1. The van der Waals surface area contributed by atoms with E-state index in [1.807, 2.05) is 0 Å². The number of carboxylic acids is 1. The summed E-state index contributed by atoms with van der Waals surface area (Å²) in [7, 11) is 1.24. The molecule has 0 saturated carbocycles. The maximum Gasteiger partial charge on any atom is 0.573 e. The first-order valence-corrected chi connectivity index (χ1v) is 4.40. The zero-order chi connectivity index (χ0) is 13.1. The van der Waals surface area contributed by atoms with Crippen LogP contribution in [-0.4, -0.2) is 30.2 Å². The average molecular weight is 247 g/mol. The van der Waals surface area contributed by atoms with E-state index in [1.165, 1.54) is 19.2 Å². The summed E-state index contributed by atoms with van der Waals surface area (Å²) in [4.78, 5) is 14.2. The summed E-state index contributed by atoms with van der Waals surface area (Å²) in [5.41, 5.74) is -0.292. The fourth-order valence-corrected chi connectivity index (χ4v) is 1.19. The molecule has 0 aromatic heterocycles. The molecule has 0 saturated heterocycles. The minimum absolute atomic E-state index is 0.0433. The predicted molar refractivity (Wildman–Crippen MR) is 53.2 cm³/mol. The highest BCUT2D eigenvalue weighted by molar-refractivity contribution is 6.42. The van der Waals surface area contributed by atoms with E-state index >= 15 is 0 Å². The van der Waals surface area contributed by atoms with E-state index in [4.69, 9.17) is 5.11 Å². The van der Waals surface area contributed by atoms with Crippen LogP contribution in [0.25, 0.3) is 0 Å². The Labute approximate surface area is 94.4 Å². The molecule has 0 aliphatic carbocycles. The molecule has 0 amide bonds. The monoisotopic (exact) mass is 247 g/mol. The number of hydrogen-bond donors (Lipinski definition) is 1. The van der Waals surface area contributed by atoms with Crippen LogP contribution in [0.4, 0.5) is 13.2 Å². The zero-order valence-corrected chi connectivity index (χ0v) is 8.65. The Morgan fingerprint density at radius 2 is 2.06 bits per heavy atom. The predicted octanol–water partition coefficient (Wildman–Crippen LogP) is 2.09. The lowest BCUT2D eigenvalue weighted by Crippen LogP contribution is -2.18. The number of hydrogen-bond acceptors (Lipinski definition) is 3. The zero-order valence-electron chi connectivity index (χ0n) is 8.65. The van der Waals surface area contributed by atoms with Crippen LogP contribution in [0.1, 0.15) is 5.56 Å². The smallest absolute Gasteiger partial charge is 0.477 e. The second kappa shape index (κ2) is 4.86. The fourth-order valence-electron chi connectivity index (χ4n) is 1.19. The quantitative estimate of drug-likeness (QED) is 0.832. The molecule has 0 aliphatic heterocycles. The number of carboxylic acid groups (broad SMARTS) is 1. The lowest BCUT2D eigenvalue weighted by Gasteiger charge is -2.09. The Hall–Kier alpha value is -2.05. The molecule has 0 bridgehead atoms. The number of aliphatic imine (C=N–C) groups is 1. The van der Waals surface area contributed by atoms with Crippen molar-refractivity contribution < 1.29 is 27.8 Å². The maximum atomic E-state index is 11.9. The summed E-state index contributed by atoms with van der Waals surface area (Å²) in [6, 6.07) is 4.63. The molecule has 7 heteroatoms. The van der Waals surface area contributed by atoms with Crippen LogP contribution in [0, 0.1) is 0 Å². The molecule has 0 heterocycles. The van der Waals surface area contributed by atoms with Crippen LogP contribution in [0.2, 0.25) is 0 Å². The van der Waals surface area contributed by atoms with Gasteiger partial charge < -0.3 is 9.84 Å². The summed E-state index contributed by atoms with van der Waals surface area (Å²) in [5.74, 6) is -1.81. The molecule has 0 fully saturated rings. The van der Waals surface area contributed by atoms with Crippen LogP contribution in [0.15, 0.2) is 29.3 Å². The fraction of sp³-hybridized carbons (Fsp3) is 0.200. The Kier molecular flexibility index (Phi) is 3.72. The van der Waals surface area contributed by atoms with Crippen LogP contribution in [-0.2, 0) is 4.79 Å². The highest BCUT2D eigenvalue weighted by Gasteiger charge is 2.31. The normalized spacial score (nSPS) is 12.4. The van der Waals surface area contributed by atoms with E-state index in [9.17, 15) is 18.0 Å². The summed E-state index contributed by atoms with van der Waals surface area (Å²) >= 11 is 0. The molecular formula is C10H8F3NO3. The lowest BCUT2D eigenvalue weighted by atomic mass is 10.1. The summed E-state index contributed by atoms with van der Waals surface area (Å²) in [5, 5.41) is 8.76. The van der Waals surface area contributed by atoms with Crippen molar-refractivity contribution in [2.75, 3.05) is 7.05 Å². The van der Waals surface area contributed by atoms with Crippen molar-refractivity contribution in [3.05, 3.63) is 29.8 Å². The van der Waals surface area contributed by atoms with Gasteiger partial charge in [0.1, 0.15) is 11.5 Å². The number of alkyl halides is 3. The van der Waals surface area contributed by atoms with Crippen molar-refractivity contribution in [1.82, 2.24) is 0 Å². The largest absolute Gasteiger partial charge is 0.573 e. The Morgan fingerprint density at radius 3 is 2.53 bits per heavy atom. The molecule has 1 aromatic carbocycles. The molecule has 1 aromatic rings. The molecular weight excluding hydrogens is 239 g/mol. The second-order valence-corrected chi connectivity index (χ2v) is 2.95. The molecule has 17 heavy (non-hydrogen) atoms. The van der Waals surface area contributed by atoms with Gasteiger partial charge in [-0.2, -0.15) is 0 Å². The van der Waals surface area contributed by atoms with Gasteiger partial charge in [0.15, 0.2) is 0 Å². The van der Waals surface area contributed by atoms with E-state index in [0.29, 0.717) is 0 Å². The van der Waals surface area contributed by atoms with Crippen molar-refractivity contribution in [1.29, 1.82) is 0 Å². The molecule has 0 atom stereocenters. The van der Waals surface area contributed by atoms with Gasteiger partial charge in [-0.1, -0.05) is 12.1 Å². The van der Waals surface area contributed by atoms with Crippen LogP contribution < -0.4 is 4.74 Å². The Balaban J connectivity index is 3.05. The first-order valence-electron chi connectivity index (χ1n) is 4.40. The van der Waals surface area contributed by atoms with Gasteiger partial charge in [0.2, 0.25) is 0 Å². The number of rotatable bonds is 3. The highest BCUT2D eigenvalue weighted by Crippen LogP contribution is 2.23. The molecule has 0 radical (unpaired) electrons. The third-order valence-electron chi connectivity index (χ3n) is 1.77. The van der Waals surface area contributed by atoms with Gasteiger partial charge >= 0.3 is 12.3 Å². The van der Waals surface area contributed by atoms with Gasteiger partial charge in [-0.25, -0.2) is 4.79 Å². The van der Waals surface area contributed by atoms with E-state index in [2.05, 4.69) is 9.73 Å². The number of ether oxygens (including phenoxy) is 1. The summed E-state index contributed by atoms with van der Waals surface area (Å²) < 4.78 is 39.5. The van der Waals surface area contributed by atoms with E-state index in [1.54, 1.807) is 0 Å². The molecule has 92 valence electrons. The van der Waals surface area contributed by atoms with Crippen LogP contribution >= 0.6 is 0 Å². The van der Waals surface area contributed by atoms with E-state index in [0.717, 1.165) is 12.1 Å². The SMILES string of the molecule is CN=C(C(=O)O)c1cccc(OC(F)(F)F)c1. The number of halogens is 3. The molecule has 1 N–H and O–H groups in total. The average Bonchev–Trinajstić information content (AvgIpc) is 2.15. The molecule has 0 unspecified atom stereocenters. The summed E-state index contributed by atoms with van der Waals surface area (Å²) in [6.07, 6.45) is -4.81. The van der Waals surface area contributed by atoms with Gasteiger partial charge in [-0.15, -0.1) is 13.2 Å². The summed E-state index contributed by atoms with van der Waals surface area (Å²) in [6.45, 7) is 0. The molecule has 1 rings (SSSR count). The van der Waals surface area contributed by atoms with Crippen LogP contribution in [0.5, 0.6) is 5.75 Å². The minimum Gasteiger partial charge on any atom is -0.477 e. The van der Waals surface area contributed by atoms with Crippen molar-refractivity contribution in [3.63, 3.8) is 0 Å². The first kappa shape index (κ1) is 13.0. The second-order valence-electron chi connectivity index (χ2n) is 2.95.